The Labute approximate surface area is 127 Å². The molecule has 1 aliphatic rings. The molecule has 0 atom stereocenters. The number of nitrogens with one attached hydrogen (secondary N) is 1. The summed E-state index contributed by atoms with van der Waals surface area (Å²) in [5, 5.41) is 2.87. The lowest BCUT2D eigenvalue weighted by atomic mass is 10.1. The Morgan fingerprint density at radius 3 is 2.59 bits per heavy atom. The van der Waals surface area contributed by atoms with Gasteiger partial charge in [0, 0.05) is 12.2 Å². The first-order chi connectivity index (χ1) is 10.5. The number of amides is 1. The summed E-state index contributed by atoms with van der Waals surface area (Å²) in [6.07, 6.45) is 3.03. The topological polar surface area (TPSA) is 51.2 Å². The van der Waals surface area contributed by atoms with Gasteiger partial charge >= 0.3 is 6.18 Å². The molecule has 0 bridgehead atoms. The molecule has 1 heterocycles. The third-order valence-corrected chi connectivity index (χ3v) is 3.58. The van der Waals surface area contributed by atoms with Gasteiger partial charge in [0.2, 0.25) is 5.88 Å². The van der Waals surface area contributed by atoms with Gasteiger partial charge in [-0.25, -0.2) is 4.98 Å². The lowest BCUT2D eigenvalue weighted by molar-refractivity contribution is -0.154. The van der Waals surface area contributed by atoms with E-state index in [0.29, 0.717) is 0 Å². The minimum absolute atomic E-state index is 0.0380. The van der Waals surface area contributed by atoms with Gasteiger partial charge in [-0.2, -0.15) is 13.2 Å². The number of hydrogen-bond acceptors (Lipinski definition) is 3. The van der Waals surface area contributed by atoms with Crippen LogP contribution in [0.4, 0.5) is 13.2 Å². The van der Waals surface area contributed by atoms with Crippen molar-refractivity contribution < 1.29 is 22.7 Å². The predicted octanol–water partition coefficient (Wildman–Crippen LogP) is 3.48. The molecular formula is C15H19F3N2O2. The van der Waals surface area contributed by atoms with Crippen LogP contribution in [0, 0.1) is 0 Å². The SMILES string of the molecule is O=C(NC1CCCCCC1)c1cccnc1OCC(F)(F)F. The normalized spacial score (nSPS) is 16.9. The molecule has 1 amide bonds. The summed E-state index contributed by atoms with van der Waals surface area (Å²) in [7, 11) is 0. The van der Waals surface area contributed by atoms with E-state index >= 15 is 0 Å². The Bertz CT molecular complexity index is 498. The van der Waals surface area contributed by atoms with Crippen LogP contribution in [0.3, 0.4) is 0 Å². The van der Waals surface area contributed by atoms with Crippen molar-refractivity contribution in [1.29, 1.82) is 0 Å². The molecule has 0 radical (unpaired) electrons. The van der Waals surface area contributed by atoms with Gasteiger partial charge in [0.15, 0.2) is 6.61 Å². The standard InChI is InChI=1S/C15H19F3N2O2/c16-15(17,18)10-22-14-12(8-5-9-19-14)13(21)20-11-6-3-1-2-4-7-11/h5,8-9,11H,1-4,6-7,10H2,(H,20,21). The number of pyridine rings is 1. The summed E-state index contributed by atoms with van der Waals surface area (Å²) in [5.74, 6) is -0.719. The van der Waals surface area contributed by atoms with Crippen LogP contribution in [0.5, 0.6) is 5.88 Å². The first kappa shape index (κ1) is 16.6. The van der Waals surface area contributed by atoms with Gasteiger partial charge < -0.3 is 10.1 Å². The summed E-state index contributed by atoms with van der Waals surface area (Å²) in [5.41, 5.74) is 0.0380. The second-order valence-corrected chi connectivity index (χ2v) is 5.42. The number of aromatic nitrogens is 1. The van der Waals surface area contributed by atoms with Crippen molar-refractivity contribution in [3.05, 3.63) is 23.9 Å². The van der Waals surface area contributed by atoms with Crippen LogP contribution < -0.4 is 10.1 Å². The molecule has 0 unspecified atom stereocenters. The Morgan fingerprint density at radius 2 is 1.95 bits per heavy atom. The molecule has 22 heavy (non-hydrogen) atoms. The molecule has 1 N–H and O–H groups in total. The summed E-state index contributed by atoms with van der Waals surface area (Å²) in [6.45, 7) is -1.46. The molecule has 7 heteroatoms. The zero-order valence-corrected chi connectivity index (χ0v) is 12.2. The maximum atomic E-state index is 12.3. The number of nitrogens with zero attached hydrogens (tertiary/aromatic N) is 1. The van der Waals surface area contributed by atoms with E-state index in [9.17, 15) is 18.0 Å². The maximum Gasteiger partial charge on any atom is 0.422 e. The molecule has 0 spiro atoms. The molecule has 0 saturated heterocycles. The summed E-state index contributed by atoms with van der Waals surface area (Å²) < 4.78 is 41.4. The third-order valence-electron chi connectivity index (χ3n) is 3.58. The minimum atomic E-state index is -4.47. The van der Waals surface area contributed by atoms with Gasteiger partial charge in [-0.15, -0.1) is 0 Å². The van der Waals surface area contributed by atoms with Gasteiger partial charge in [0.25, 0.3) is 5.91 Å². The quantitative estimate of drug-likeness (QED) is 0.865. The highest BCUT2D eigenvalue weighted by Gasteiger charge is 2.29. The van der Waals surface area contributed by atoms with Gasteiger partial charge in [-0.05, 0) is 25.0 Å². The van der Waals surface area contributed by atoms with E-state index in [0.717, 1.165) is 38.5 Å². The van der Waals surface area contributed by atoms with Crippen molar-refractivity contribution >= 4 is 5.91 Å². The average molecular weight is 316 g/mol. The first-order valence-corrected chi connectivity index (χ1v) is 7.41. The van der Waals surface area contributed by atoms with Crippen LogP contribution in [0.1, 0.15) is 48.9 Å². The lowest BCUT2D eigenvalue weighted by Gasteiger charge is -2.17. The molecule has 1 fully saturated rings. The van der Waals surface area contributed by atoms with E-state index in [-0.39, 0.29) is 17.5 Å². The number of carbonyl (C=O) groups excluding carboxylic acids is 1. The second kappa shape index (κ2) is 7.47. The largest absolute Gasteiger partial charge is 0.467 e. The summed E-state index contributed by atoms with van der Waals surface area (Å²) >= 11 is 0. The fourth-order valence-corrected chi connectivity index (χ4v) is 2.52. The number of ether oxygens (including phenoxy) is 1. The Balaban J connectivity index is 2.02. The van der Waals surface area contributed by atoms with Crippen LogP contribution in [-0.4, -0.2) is 29.7 Å². The Kier molecular flexibility index (Phi) is 5.63. The second-order valence-electron chi connectivity index (χ2n) is 5.42. The molecule has 0 aliphatic heterocycles. The van der Waals surface area contributed by atoms with Gasteiger partial charge in [-0.1, -0.05) is 25.7 Å². The lowest BCUT2D eigenvalue weighted by Crippen LogP contribution is -2.35. The number of halogens is 3. The molecule has 1 saturated carbocycles. The van der Waals surface area contributed by atoms with Crippen LogP contribution in [0.2, 0.25) is 0 Å². The van der Waals surface area contributed by atoms with Gasteiger partial charge in [0.05, 0.1) is 0 Å². The Hall–Kier alpha value is -1.79. The zero-order chi connectivity index (χ0) is 16.0. The zero-order valence-electron chi connectivity index (χ0n) is 12.2. The number of carbonyl (C=O) groups is 1. The third kappa shape index (κ3) is 5.20. The minimum Gasteiger partial charge on any atom is -0.467 e. The van der Waals surface area contributed by atoms with E-state index in [2.05, 4.69) is 15.0 Å². The van der Waals surface area contributed by atoms with E-state index in [1.165, 1.54) is 18.3 Å². The molecule has 4 nitrogen and oxygen atoms in total. The van der Waals surface area contributed by atoms with E-state index < -0.39 is 18.7 Å². The average Bonchev–Trinajstić information content (AvgIpc) is 2.73. The highest BCUT2D eigenvalue weighted by atomic mass is 19.4. The molecule has 0 aromatic carbocycles. The van der Waals surface area contributed by atoms with Crippen molar-refractivity contribution in [1.82, 2.24) is 10.3 Å². The van der Waals surface area contributed by atoms with Crippen molar-refractivity contribution in [2.24, 2.45) is 0 Å². The predicted molar refractivity (Wildman–Crippen MR) is 74.7 cm³/mol. The first-order valence-electron chi connectivity index (χ1n) is 7.41. The van der Waals surface area contributed by atoms with Gasteiger partial charge in [-0.3, -0.25) is 4.79 Å². The maximum absolute atomic E-state index is 12.3. The fraction of sp³-hybridized carbons (Fsp3) is 0.600. The van der Waals surface area contributed by atoms with Crippen molar-refractivity contribution in [3.8, 4) is 5.88 Å². The van der Waals surface area contributed by atoms with Gasteiger partial charge in [0.1, 0.15) is 5.56 Å². The van der Waals surface area contributed by atoms with E-state index in [1.54, 1.807) is 0 Å². The molecule has 2 rings (SSSR count). The van der Waals surface area contributed by atoms with Crippen LogP contribution >= 0.6 is 0 Å². The van der Waals surface area contributed by atoms with Crippen LogP contribution in [-0.2, 0) is 0 Å². The van der Waals surface area contributed by atoms with Crippen molar-refractivity contribution in [3.63, 3.8) is 0 Å². The number of rotatable bonds is 4. The number of alkyl halides is 3. The smallest absolute Gasteiger partial charge is 0.422 e. The van der Waals surface area contributed by atoms with E-state index in [1.807, 2.05) is 0 Å². The van der Waals surface area contributed by atoms with Crippen LogP contribution in [0.25, 0.3) is 0 Å². The molecule has 1 aromatic heterocycles. The van der Waals surface area contributed by atoms with Crippen molar-refractivity contribution in [2.75, 3.05) is 6.61 Å². The van der Waals surface area contributed by atoms with Crippen LogP contribution in [0.15, 0.2) is 18.3 Å². The Morgan fingerprint density at radius 1 is 1.27 bits per heavy atom. The molecule has 1 aliphatic carbocycles. The molecular weight excluding hydrogens is 297 g/mol. The number of hydrogen-bond donors (Lipinski definition) is 1. The summed E-state index contributed by atoms with van der Waals surface area (Å²) in [6, 6.07) is 2.98. The molecule has 122 valence electrons. The highest BCUT2D eigenvalue weighted by molar-refractivity contribution is 5.96. The highest BCUT2D eigenvalue weighted by Crippen LogP contribution is 2.21. The van der Waals surface area contributed by atoms with E-state index in [4.69, 9.17) is 0 Å². The fourth-order valence-electron chi connectivity index (χ4n) is 2.52. The van der Waals surface area contributed by atoms with Crippen molar-refractivity contribution in [2.45, 2.75) is 50.7 Å². The monoisotopic (exact) mass is 316 g/mol. The summed E-state index contributed by atoms with van der Waals surface area (Å²) in [4.78, 5) is 16.0. The molecule has 1 aromatic rings.